The van der Waals surface area contributed by atoms with Crippen molar-refractivity contribution >= 4 is 39.4 Å². The van der Waals surface area contributed by atoms with Gasteiger partial charge in [-0.1, -0.05) is 146 Å². The summed E-state index contributed by atoms with van der Waals surface area (Å²) in [5.41, 5.74) is 10.9. The third-order valence-corrected chi connectivity index (χ3v) is 9.40. The highest BCUT2D eigenvalue weighted by Gasteiger charge is 2.19. The first-order valence-electron chi connectivity index (χ1n) is 16.1. The lowest BCUT2D eigenvalue weighted by molar-refractivity contribution is 0.510. The maximum absolute atomic E-state index is 4.55. The number of nitrogens with zero attached hydrogens (tertiary/aromatic N) is 1. The van der Waals surface area contributed by atoms with Gasteiger partial charge in [-0.2, -0.15) is 0 Å². The Balaban J connectivity index is 1.21. The summed E-state index contributed by atoms with van der Waals surface area (Å²) in [4.78, 5) is 2.42. The lowest BCUT2D eigenvalue weighted by Crippen LogP contribution is -2.32. The lowest BCUT2D eigenvalue weighted by Gasteiger charge is -2.30. The van der Waals surface area contributed by atoms with E-state index in [0.717, 1.165) is 24.2 Å². The zero-order valence-electron chi connectivity index (χ0n) is 26.1. The lowest BCUT2D eigenvalue weighted by atomic mass is 9.85. The van der Waals surface area contributed by atoms with Gasteiger partial charge in [-0.3, -0.25) is 0 Å². The van der Waals surface area contributed by atoms with Crippen LogP contribution in [0.4, 0.5) is 0 Å². The fraction of sp³-hybridized carbons (Fsp3) is 0.0667. The number of hydrogen-bond donors (Lipinski definition) is 0. The van der Waals surface area contributed by atoms with Gasteiger partial charge in [-0.15, -0.1) is 0 Å². The molecule has 2 aliphatic heterocycles. The van der Waals surface area contributed by atoms with Crippen molar-refractivity contribution in [3.63, 3.8) is 0 Å². The summed E-state index contributed by atoms with van der Waals surface area (Å²) in [5.74, 6) is 0. The topological polar surface area (TPSA) is 3.24 Å². The summed E-state index contributed by atoms with van der Waals surface area (Å²) in [6.07, 6.45) is 14.3. The van der Waals surface area contributed by atoms with Crippen molar-refractivity contribution < 1.29 is 0 Å². The van der Waals surface area contributed by atoms with Crippen LogP contribution in [0.5, 0.6) is 0 Å². The van der Waals surface area contributed by atoms with Gasteiger partial charge in [-0.25, -0.2) is 0 Å². The molecule has 1 heteroatoms. The second-order valence-corrected chi connectivity index (χ2v) is 12.2. The Hall–Kier alpha value is -5.66. The molecule has 0 saturated carbocycles. The molecule has 0 N–H and O–H groups in total. The van der Waals surface area contributed by atoms with E-state index >= 15 is 0 Å². The van der Waals surface area contributed by atoms with Crippen molar-refractivity contribution in [2.45, 2.75) is 13.3 Å². The number of hydrogen-bond acceptors (Lipinski definition) is 1. The molecule has 2 heterocycles. The van der Waals surface area contributed by atoms with Crippen molar-refractivity contribution in [1.29, 1.82) is 0 Å². The Morgan fingerprint density at radius 3 is 2.04 bits per heavy atom. The fourth-order valence-corrected chi connectivity index (χ4v) is 7.16. The molecule has 0 radical (unpaired) electrons. The molecule has 6 aromatic carbocycles. The fourth-order valence-electron chi connectivity index (χ4n) is 7.16. The molecule has 0 spiro atoms. The first-order valence-corrected chi connectivity index (χ1v) is 16.1. The smallest absolute Gasteiger partial charge is 0.0490 e. The van der Waals surface area contributed by atoms with E-state index in [1.807, 2.05) is 0 Å². The number of allylic oxidation sites excluding steroid dienone is 3. The standard InChI is InChI=1S/C45H35N/c1-31-25-28-36(45-40-21-10-8-19-38(40)44(34-15-4-3-5-16-34)39-20-9-11-22-41(39)45)30-35(31)27-26-32(2)42-23-12-24-43-37-18-7-6-14-33(37)17-13-29-46(42)43/h3-12,14-28,30H,2,13,29H2,1H3/b27-26-. The van der Waals surface area contributed by atoms with Gasteiger partial charge >= 0.3 is 0 Å². The molecule has 0 aromatic heterocycles. The zero-order valence-corrected chi connectivity index (χ0v) is 26.1. The second kappa shape index (κ2) is 11.7. The summed E-state index contributed by atoms with van der Waals surface area (Å²) >= 11 is 0. The molecule has 2 aliphatic rings. The molecular weight excluding hydrogens is 555 g/mol. The average molecular weight is 590 g/mol. The molecule has 220 valence electrons. The molecule has 0 amide bonds. The number of fused-ring (bicyclic) bond motifs is 4. The Morgan fingerprint density at radius 2 is 1.33 bits per heavy atom. The highest BCUT2D eigenvalue weighted by molar-refractivity contribution is 6.21. The summed E-state index contributed by atoms with van der Waals surface area (Å²) in [6, 6.07) is 44.0. The van der Waals surface area contributed by atoms with Crippen LogP contribution in [0.1, 0.15) is 17.5 Å². The van der Waals surface area contributed by atoms with Crippen LogP contribution in [-0.2, 0) is 0 Å². The molecule has 0 unspecified atom stereocenters. The van der Waals surface area contributed by atoms with E-state index in [0.29, 0.717) is 0 Å². The van der Waals surface area contributed by atoms with E-state index in [4.69, 9.17) is 0 Å². The number of benzene rings is 6. The second-order valence-electron chi connectivity index (χ2n) is 12.2. The first-order chi connectivity index (χ1) is 22.7. The van der Waals surface area contributed by atoms with Gasteiger partial charge in [0.15, 0.2) is 0 Å². The predicted molar refractivity (Wildman–Crippen MR) is 197 cm³/mol. The highest BCUT2D eigenvalue weighted by atomic mass is 15.1. The van der Waals surface area contributed by atoms with Crippen LogP contribution in [0, 0.1) is 6.92 Å². The predicted octanol–water partition coefficient (Wildman–Crippen LogP) is 9.95. The molecule has 1 nitrogen and oxygen atoms in total. The van der Waals surface area contributed by atoms with E-state index in [9.17, 15) is 0 Å². The first kappa shape index (κ1) is 27.9. The molecule has 0 saturated heterocycles. The number of rotatable bonds is 5. The monoisotopic (exact) mass is 589 g/mol. The van der Waals surface area contributed by atoms with Crippen LogP contribution in [0.3, 0.4) is 0 Å². The molecule has 0 bridgehead atoms. The number of aryl methyl sites for hydroxylation is 1. The molecule has 8 rings (SSSR count). The van der Waals surface area contributed by atoms with Crippen LogP contribution < -0.4 is 10.4 Å². The van der Waals surface area contributed by atoms with Crippen LogP contribution in [0.15, 0.2) is 163 Å². The van der Waals surface area contributed by atoms with Crippen LogP contribution in [0.25, 0.3) is 61.6 Å². The van der Waals surface area contributed by atoms with Crippen molar-refractivity contribution in [2.75, 3.05) is 6.54 Å². The van der Waals surface area contributed by atoms with Gasteiger partial charge < -0.3 is 4.90 Å². The van der Waals surface area contributed by atoms with Crippen molar-refractivity contribution in [3.05, 3.63) is 185 Å². The van der Waals surface area contributed by atoms with Crippen LogP contribution in [-0.4, -0.2) is 11.4 Å². The van der Waals surface area contributed by atoms with Crippen molar-refractivity contribution in [3.8, 4) is 22.3 Å². The summed E-state index contributed by atoms with van der Waals surface area (Å²) in [5, 5.41) is 7.66. The summed E-state index contributed by atoms with van der Waals surface area (Å²) < 4.78 is 0. The molecule has 6 aromatic rings. The maximum Gasteiger partial charge on any atom is 0.0490 e. The zero-order chi connectivity index (χ0) is 31.0. The Labute approximate surface area is 270 Å². The minimum absolute atomic E-state index is 0.931. The Bertz CT molecular complexity index is 2330. The Kier molecular flexibility index (Phi) is 7.08. The van der Waals surface area contributed by atoms with E-state index in [1.54, 1.807) is 0 Å². The van der Waals surface area contributed by atoms with Crippen LogP contribution in [0.2, 0.25) is 0 Å². The van der Waals surface area contributed by atoms with Gasteiger partial charge in [0.2, 0.25) is 0 Å². The minimum Gasteiger partial charge on any atom is -0.340 e. The SMILES string of the molecule is C=C(/C=C\c1cc(-c2c3ccccc3c(-c3ccccc3)c3ccccc23)ccc1C)C1=CC=CC2=c3ccccc3=CCCN12. The van der Waals surface area contributed by atoms with Gasteiger partial charge in [0.25, 0.3) is 0 Å². The maximum atomic E-state index is 4.55. The van der Waals surface area contributed by atoms with Gasteiger partial charge in [-0.05, 0) is 97.3 Å². The highest BCUT2D eigenvalue weighted by Crippen LogP contribution is 2.43. The Morgan fingerprint density at radius 1 is 0.696 bits per heavy atom. The van der Waals surface area contributed by atoms with Crippen molar-refractivity contribution in [2.24, 2.45) is 0 Å². The quantitative estimate of drug-likeness (QED) is 0.143. The minimum atomic E-state index is 0.931. The van der Waals surface area contributed by atoms with E-state index in [2.05, 4.69) is 176 Å². The molecule has 46 heavy (non-hydrogen) atoms. The summed E-state index contributed by atoms with van der Waals surface area (Å²) in [6.45, 7) is 7.67. The van der Waals surface area contributed by atoms with Crippen molar-refractivity contribution in [1.82, 2.24) is 4.90 Å². The van der Waals surface area contributed by atoms with E-state index < -0.39 is 0 Å². The van der Waals surface area contributed by atoms with E-state index in [1.165, 1.54) is 71.1 Å². The largest absolute Gasteiger partial charge is 0.340 e. The van der Waals surface area contributed by atoms with Crippen LogP contribution >= 0.6 is 0 Å². The molecule has 0 atom stereocenters. The molecule has 0 aliphatic carbocycles. The summed E-state index contributed by atoms with van der Waals surface area (Å²) in [7, 11) is 0. The average Bonchev–Trinajstić information content (AvgIpc) is 3.30. The van der Waals surface area contributed by atoms with Gasteiger partial charge in [0.05, 0.1) is 0 Å². The van der Waals surface area contributed by atoms with Gasteiger partial charge in [0, 0.05) is 23.2 Å². The third kappa shape index (κ3) is 4.82. The third-order valence-electron chi connectivity index (χ3n) is 9.40. The molecule has 0 fully saturated rings. The normalized spacial score (nSPS) is 14.2. The van der Waals surface area contributed by atoms with E-state index in [-0.39, 0.29) is 0 Å². The van der Waals surface area contributed by atoms with Gasteiger partial charge in [0.1, 0.15) is 0 Å². The molecular formula is C45H35N.